The van der Waals surface area contributed by atoms with Crippen LogP contribution < -0.4 is 0 Å². The number of nitrogens with zero attached hydrogens (tertiary/aromatic N) is 2. The molecule has 0 saturated heterocycles. The van der Waals surface area contributed by atoms with Crippen LogP contribution >= 0.6 is 22.9 Å². The molecule has 0 aliphatic heterocycles. The Labute approximate surface area is 209 Å². The van der Waals surface area contributed by atoms with Crippen molar-refractivity contribution in [3.63, 3.8) is 0 Å². The van der Waals surface area contributed by atoms with Gasteiger partial charge in [0.25, 0.3) is 0 Å². The van der Waals surface area contributed by atoms with Crippen molar-refractivity contribution in [2.75, 3.05) is 6.61 Å². The molecular formula is C27H27ClN2O3S. The van der Waals surface area contributed by atoms with Gasteiger partial charge in [-0.2, -0.15) is 5.26 Å². The first-order valence-corrected chi connectivity index (χ1v) is 12.6. The Balaban J connectivity index is 1.57. The van der Waals surface area contributed by atoms with Gasteiger partial charge in [-0.1, -0.05) is 32.4 Å². The molecule has 0 saturated carbocycles. The maximum Gasteiger partial charge on any atom is 0.339 e. The second-order valence-electron chi connectivity index (χ2n) is 9.48. The van der Waals surface area contributed by atoms with Crippen molar-refractivity contribution >= 4 is 40.1 Å². The molecule has 3 aromatic rings. The summed E-state index contributed by atoms with van der Waals surface area (Å²) in [5.41, 5.74) is 3.10. The van der Waals surface area contributed by atoms with Crippen molar-refractivity contribution in [1.29, 1.82) is 5.26 Å². The summed E-state index contributed by atoms with van der Waals surface area (Å²) in [6.45, 7) is 8.87. The molecule has 1 aliphatic carbocycles. The molecule has 0 N–H and O–H groups in total. The van der Waals surface area contributed by atoms with E-state index in [-0.39, 0.29) is 12.0 Å². The normalized spacial score (nSPS) is 15.8. The molecule has 0 radical (unpaired) electrons. The fourth-order valence-corrected chi connectivity index (χ4v) is 5.68. The molecule has 1 aromatic carbocycles. The van der Waals surface area contributed by atoms with Crippen LogP contribution in [0.15, 0.2) is 39.7 Å². The maximum absolute atomic E-state index is 12.1. The van der Waals surface area contributed by atoms with E-state index in [1.807, 2.05) is 12.1 Å². The van der Waals surface area contributed by atoms with Gasteiger partial charge in [0, 0.05) is 10.4 Å². The van der Waals surface area contributed by atoms with Gasteiger partial charge >= 0.3 is 5.97 Å². The van der Waals surface area contributed by atoms with Crippen molar-refractivity contribution in [1.82, 2.24) is 0 Å². The van der Waals surface area contributed by atoms with Crippen LogP contribution in [0.4, 0.5) is 5.00 Å². The van der Waals surface area contributed by atoms with Gasteiger partial charge < -0.3 is 9.15 Å². The molecule has 2 heterocycles. The van der Waals surface area contributed by atoms with E-state index in [2.05, 4.69) is 31.8 Å². The van der Waals surface area contributed by atoms with Gasteiger partial charge in [0.1, 0.15) is 22.6 Å². The largest absolute Gasteiger partial charge is 0.462 e. The predicted molar refractivity (Wildman–Crippen MR) is 136 cm³/mol. The van der Waals surface area contributed by atoms with Crippen LogP contribution in [0.5, 0.6) is 0 Å². The van der Waals surface area contributed by atoms with Crippen LogP contribution in [0.2, 0.25) is 5.02 Å². The number of halogens is 1. The topological polar surface area (TPSA) is 75.6 Å². The van der Waals surface area contributed by atoms with E-state index >= 15 is 0 Å². The van der Waals surface area contributed by atoms with Gasteiger partial charge in [-0.15, -0.1) is 11.3 Å². The van der Waals surface area contributed by atoms with Gasteiger partial charge in [-0.05, 0) is 73.4 Å². The number of benzene rings is 1. The van der Waals surface area contributed by atoms with E-state index < -0.39 is 5.97 Å². The lowest BCUT2D eigenvalue weighted by molar-refractivity contribution is 0.0526. The number of esters is 1. The quantitative estimate of drug-likeness (QED) is 0.270. The van der Waals surface area contributed by atoms with Gasteiger partial charge in [0.05, 0.1) is 29.0 Å². The van der Waals surface area contributed by atoms with Crippen molar-refractivity contribution in [2.24, 2.45) is 16.3 Å². The zero-order valence-corrected chi connectivity index (χ0v) is 21.3. The van der Waals surface area contributed by atoms with E-state index in [1.165, 1.54) is 4.88 Å². The number of carbonyl (C=O) groups is 1. The van der Waals surface area contributed by atoms with Gasteiger partial charge in [-0.25, -0.2) is 9.79 Å². The van der Waals surface area contributed by atoms with Crippen molar-refractivity contribution in [3.05, 3.63) is 62.7 Å². The van der Waals surface area contributed by atoms with E-state index in [0.717, 1.165) is 29.8 Å². The minimum absolute atomic E-state index is 0.247. The molecule has 1 aliphatic rings. The van der Waals surface area contributed by atoms with Crippen LogP contribution in [-0.4, -0.2) is 18.8 Å². The number of thiophene rings is 1. The summed E-state index contributed by atoms with van der Waals surface area (Å²) in [5, 5.41) is 10.8. The third-order valence-electron chi connectivity index (χ3n) is 6.27. The van der Waals surface area contributed by atoms with Crippen molar-refractivity contribution < 1.29 is 13.9 Å². The van der Waals surface area contributed by atoms with Crippen LogP contribution in [0.25, 0.3) is 11.3 Å². The zero-order chi connectivity index (χ0) is 24.5. The average Bonchev–Trinajstić information content (AvgIpc) is 3.41. The predicted octanol–water partition coefficient (Wildman–Crippen LogP) is 7.61. The van der Waals surface area contributed by atoms with Crippen LogP contribution in [-0.2, 0) is 17.6 Å². The molecule has 176 valence electrons. The molecule has 1 atom stereocenters. The van der Waals surface area contributed by atoms with Crippen molar-refractivity contribution in [2.45, 2.75) is 47.0 Å². The molecule has 0 spiro atoms. The molecule has 2 aromatic heterocycles. The number of carbonyl (C=O) groups excluding carboxylic acids is 1. The van der Waals surface area contributed by atoms with Crippen LogP contribution in [0.3, 0.4) is 0 Å². The van der Waals surface area contributed by atoms with Crippen molar-refractivity contribution in [3.8, 4) is 17.4 Å². The monoisotopic (exact) mass is 494 g/mol. The molecule has 0 unspecified atom stereocenters. The number of rotatable bonds is 5. The number of nitriles is 1. The Morgan fingerprint density at radius 1 is 1.35 bits per heavy atom. The minimum atomic E-state index is -0.470. The first-order chi connectivity index (χ1) is 16.2. The Morgan fingerprint density at radius 3 is 2.85 bits per heavy atom. The minimum Gasteiger partial charge on any atom is -0.462 e. The Bertz CT molecular complexity index is 1290. The first-order valence-electron chi connectivity index (χ1n) is 11.4. The summed E-state index contributed by atoms with van der Waals surface area (Å²) < 4.78 is 11.0. The summed E-state index contributed by atoms with van der Waals surface area (Å²) in [6.07, 6.45) is 4.67. The maximum atomic E-state index is 12.1. The smallest absolute Gasteiger partial charge is 0.339 e. The number of aliphatic imine (C=N–C) groups is 1. The highest BCUT2D eigenvalue weighted by atomic mass is 35.5. The lowest BCUT2D eigenvalue weighted by atomic mass is 9.72. The molecule has 34 heavy (non-hydrogen) atoms. The highest BCUT2D eigenvalue weighted by molar-refractivity contribution is 7.16. The Morgan fingerprint density at radius 2 is 2.15 bits per heavy atom. The van der Waals surface area contributed by atoms with Crippen LogP contribution in [0.1, 0.15) is 66.2 Å². The first kappa shape index (κ1) is 24.3. The number of hydrogen-bond acceptors (Lipinski definition) is 6. The highest BCUT2D eigenvalue weighted by Crippen LogP contribution is 2.45. The summed E-state index contributed by atoms with van der Waals surface area (Å²) in [6, 6.07) is 11.1. The summed E-state index contributed by atoms with van der Waals surface area (Å²) in [4.78, 5) is 18.0. The zero-order valence-electron chi connectivity index (χ0n) is 19.8. The molecule has 0 fully saturated rings. The summed E-state index contributed by atoms with van der Waals surface area (Å²) in [5.74, 6) is 1.28. The number of hydrogen-bond donors (Lipinski definition) is 0. The number of ether oxygens (including phenoxy) is 1. The van der Waals surface area contributed by atoms with Crippen LogP contribution in [0, 0.1) is 22.7 Å². The van der Waals surface area contributed by atoms with E-state index in [9.17, 15) is 10.1 Å². The second-order valence-corrected chi connectivity index (χ2v) is 11.0. The SMILES string of the molecule is CCOC(=O)c1cc(-c2ccc(C=Nc3sc4c(c3C#N)CC[C@@H](C(C)(C)C)C4)o2)ccc1Cl. The Kier molecular flexibility index (Phi) is 6.97. The second kappa shape index (κ2) is 9.77. The average molecular weight is 495 g/mol. The summed E-state index contributed by atoms with van der Waals surface area (Å²) >= 11 is 7.78. The van der Waals surface area contributed by atoms with Gasteiger partial charge in [0.15, 0.2) is 0 Å². The lowest BCUT2D eigenvalue weighted by Crippen LogP contribution is -2.26. The highest BCUT2D eigenvalue weighted by Gasteiger charge is 2.32. The number of fused-ring (bicyclic) bond motifs is 1. The third kappa shape index (κ3) is 4.96. The molecular weight excluding hydrogens is 468 g/mol. The Hall–Kier alpha value is -2.88. The fourth-order valence-electron chi connectivity index (χ4n) is 4.26. The summed E-state index contributed by atoms with van der Waals surface area (Å²) in [7, 11) is 0. The van der Waals surface area contributed by atoms with E-state index in [0.29, 0.717) is 39.2 Å². The third-order valence-corrected chi connectivity index (χ3v) is 7.76. The van der Waals surface area contributed by atoms with E-state index in [1.54, 1.807) is 42.7 Å². The van der Waals surface area contributed by atoms with Gasteiger partial charge in [0.2, 0.25) is 0 Å². The van der Waals surface area contributed by atoms with Gasteiger partial charge in [-0.3, -0.25) is 0 Å². The number of furan rings is 1. The lowest BCUT2D eigenvalue weighted by Gasteiger charge is -2.33. The molecule has 7 heteroatoms. The molecule has 4 rings (SSSR count). The standard InChI is InChI=1S/C27H27ClN2O3S/c1-5-32-26(31)20-12-16(6-10-22(20)28)23-11-8-18(33-23)15-30-25-21(14-29)19-9-7-17(27(2,3)4)13-24(19)34-25/h6,8,10-12,15,17H,5,7,9,13H2,1-4H3/t17-/m1/s1. The molecule has 0 bridgehead atoms. The van der Waals surface area contributed by atoms with E-state index in [4.69, 9.17) is 20.8 Å². The fraction of sp³-hybridized carbons (Fsp3) is 0.370. The molecule has 0 amide bonds. The molecule has 5 nitrogen and oxygen atoms in total.